The van der Waals surface area contributed by atoms with Gasteiger partial charge in [0, 0.05) is 29.0 Å². The van der Waals surface area contributed by atoms with Gasteiger partial charge in [-0.3, -0.25) is 9.59 Å². The fraction of sp³-hybridized carbons (Fsp3) is 0.296. The second-order valence-corrected chi connectivity index (χ2v) is 9.34. The standard InChI is InChI=1S/C27H27BrN2O6/c1-17-25(27(33)34-2)26(32)23(30(17)20-9-7-19(28)8-10-20)14-18-5-11-21(12-6-18)36-16-24(31)29-15-22-4-3-13-35-22/h5-12,14,22H,3-4,13,15-16H2,1-2H3,(H,29,31)/b23-14-/t22-/m1/s1. The quantitative estimate of drug-likeness (QED) is 0.299. The molecule has 1 atom stereocenters. The van der Waals surface area contributed by atoms with Crippen molar-refractivity contribution >= 4 is 45.4 Å². The molecule has 0 saturated carbocycles. The number of rotatable bonds is 8. The Labute approximate surface area is 218 Å². The molecule has 1 amide bonds. The van der Waals surface area contributed by atoms with Crippen molar-refractivity contribution in [3.63, 3.8) is 0 Å². The summed E-state index contributed by atoms with van der Waals surface area (Å²) in [5.41, 5.74) is 2.30. The highest BCUT2D eigenvalue weighted by molar-refractivity contribution is 9.10. The first-order chi connectivity index (χ1) is 17.4. The minimum atomic E-state index is -0.676. The summed E-state index contributed by atoms with van der Waals surface area (Å²) in [5, 5.41) is 2.82. The molecule has 8 nitrogen and oxygen atoms in total. The molecular formula is C27H27BrN2O6. The normalized spacial score (nSPS) is 18.6. The molecule has 0 unspecified atom stereocenters. The fourth-order valence-corrected chi connectivity index (χ4v) is 4.40. The lowest BCUT2D eigenvalue weighted by atomic mass is 10.1. The lowest BCUT2D eigenvalue weighted by Gasteiger charge is -2.21. The van der Waals surface area contributed by atoms with E-state index in [4.69, 9.17) is 14.2 Å². The van der Waals surface area contributed by atoms with E-state index in [-0.39, 0.29) is 24.2 Å². The Bertz CT molecular complexity index is 1200. The molecule has 2 aliphatic heterocycles. The van der Waals surface area contributed by atoms with Crippen LogP contribution in [0.15, 0.2) is 70.0 Å². The number of benzene rings is 2. The van der Waals surface area contributed by atoms with E-state index in [1.165, 1.54) is 7.11 Å². The van der Waals surface area contributed by atoms with Gasteiger partial charge in [0.05, 0.1) is 18.9 Å². The van der Waals surface area contributed by atoms with Crippen LogP contribution in [0.5, 0.6) is 5.75 Å². The van der Waals surface area contributed by atoms with Gasteiger partial charge in [-0.1, -0.05) is 28.1 Å². The Kier molecular flexibility index (Phi) is 8.22. The first kappa shape index (κ1) is 25.7. The number of carbonyl (C=O) groups excluding carboxylic acids is 3. The van der Waals surface area contributed by atoms with Gasteiger partial charge >= 0.3 is 5.97 Å². The molecular weight excluding hydrogens is 528 g/mol. The number of nitrogens with zero attached hydrogens (tertiary/aromatic N) is 1. The van der Waals surface area contributed by atoms with E-state index in [0.717, 1.165) is 35.2 Å². The van der Waals surface area contributed by atoms with Crippen molar-refractivity contribution in [3.8, 4) is 5.75 Å². The van der Waals surface area contributed by atoms with Gasteiger partial charge in [0.2, 0.25) is 5.78 Å². The van der Waals surface area contributed by atoms with Crippen molar-refractivity contribution in [1.29, 1.82) is 0 Å². The van der Waals surface area contributed by atoms with Gasteiger partial charge in [0.25, 0.3) is 5.91 Å². The first-order valence-corrected chi connectivity index (χ1v) is 12.4. The molecule has 1 fully saturated rings. The molecule has 0 radical (unpaired) electrons. The Morgan fingerprint density at radius 3 is 2.53 bits per heavy atom. The lowest BCUT2D eigenvalue weighted by molar-refractivity contribution is -0.137. The van der Waals surface area contributed by atoms with Gasteiger partial charge < -0.3 is 24.4 Å². The highest BCUT2D eigenvalue weighted by Crippen LogP contribution is 2.36. The van der Waals surface area contributed by atoms with Crippen LogP contribution in [0.3, 0.4) is 0 Å². The smallest absolute Gasteiger partial charge is 0.343 e. The van der Waals surface area contributed by atoms with Crippen LogP contribution in [0.2, 0.25) is 0 Å². The van der Waals surface area contributed by atoms with Gasteiger partial charge in [-0.05, 0) is 67.8 Å². The number of allylic oxidation sites excluding steroid dienone is 2. The van der Waals surface area contributed by atoms with Crippen molar-refractivity contribution in [2.75, 3.05) is 31.8 Å². The summed E-state index contributed by atoms with van der Waals surface area (Å²) >= 11 is 3.42. The van der Waals surface area contributed by atoms with Crippen LogP contribution in [0.1, 0.15) is 25.3 Å². The monoisotopic (exact) mass is 554 g/mol. The van der Waals surface area contributed by atoms with Crippen molar-refractivity contribution in [2.45, 2.75) is 25.9 Å². The summed E-state index contributed by atoms with van der Waals surface area (Å²) in [6.45, 7) is 2.84. The zero-order chi connectivity index (χ0) is 25.7. The van der Waals surface area contributed by atoms with Crippen molar-refractivity contribution < 1.29 is 28.6 Å². The fourth-order valence-electron chi connectivity index (χ4n) is 4.13. The largest absolute Gasteiger partial charge is 0.484 e. The molecule has 188 valence electrons. The van der Waals surface area contributed by atoms with Crippen LogP contribution in [0.25, 0.3) is 6.08 Å². The third-order valence-corrected chi connectivity index (χ3v) is 6.51. The molecule has 4 rings (SSSR count). The maximum atomic E-state index is 13.2. The van der Waals surface area contributed by atoms with Crippen molar-refractivity contribution in [3.05, 3.63) is 75.5 Å². The predicted molar refractivity (Wildman–Crippen MR) is 138 cm³/mol. The summed E-state index contributed by atoms with van der Waals surface area (Å²) in [5.74, 6) is -0.776. The molecule has 36 heavy (non-hydrogen) atoms. The van der Waals surface area contributed by atoms with E-state index in [2.05, 4.69) is 21.2 Å². The van der Waals surface area contributed by atoms with E-state index in [1.807, 2.05) is 24.3 Å². The Hall–Kier alpha value is -3.43. The number of Topliss-reactive ketones (excluding diaryl/α,β-unsaturated/α-hetero) is 1. The third kappa shape index (κ3) is 5.85. The molecule has 0 aromatic heterocycles. The molecule has 2 aromatic carbocycles. The first-order valence-electron chi connectivity index (χ1n) is 11.6. The number of esters is 1. The minimum absolute atomic E-state index is 0.000591. The average molecular weight is 555 g/mol. The molecule has 0 bridgehead atoms. The number of ether oxygens (including phenoxy) is 3. The molecule has 2 aliphatic rings. The Balaban J connectivity index is 1.47. The maximum absolute atomic E-state index is 13.2. The number of halogens is 1. The third-order valence-electron chi connectivity index (χ3n) is 5.98. The molecule has 9 heteroatoms. The number of hydrogen-bond donors (Lipinski definition) is 1. The number of ketones is 1. The van der Waals surface area contributed by atoms with E-state index >= 15 is 0 Å². The van der Waals surface area contributed by atoms with Crippen molar-refractivity contribution in [1.82, 2.24) is 5.32 Å². The van der Waals surface area contributed by atoms with Crippen LogP contribution < -0.4 is 15.0 Å². The van der Waals surface area contributed by atoms with Crippen LogP contribution in [-0.4, -0.2) is 50.6 Å². The topological polar surface area (TPSA) is 94.2 Å². The number of methoxy groups -OCH3 is 1. The number of nitrogens with one attached hydrogen (secondary N) is 1. The number of carbonyl (C=O) groups is 3. The summed E-state index contributed by atoms with van der Waals surface area (Å²) < 4.78 is 16.8. The van der Waals surface area contributed by atoms with E-state index in [0.29, 0.717) is 23.7 Å². The molecule has 0 spiro atoms. The van der Waals surface area contributed by atoms with Gasteiger partial charge in [0.15, 0.2) is 6.61 Å². The number of amides is 1. The SMILES string of the molecule is COC(=O)C1=C(C)N(c2ccc(Br)cc2)/C(=C\c2ccc(OCC(=O)NC[C@H]3CCCO3)cc2)C1=O. The molecule has 2 aromatic rings. The van der Waals surface area contributed by atoms with Crippen LogP contribution in [0.4, 0.5) is 5.69 Å². The second-order valence-electron chi connectivity index (χ2n) is 8.42. The Morgan fingerprint density at radius 2 is 1.89 bits per heavy atom. The maximum Gasteiger partial charge on any atom is 0.343 e. The van der Waals surface area contributed by atoms with Gasteiger partial charge in [-0.25, -0.2) is 4.79 Å². The highest BCUT2D eigenvalue weighted by Gasteiger charge is 2.38. The average Bonchev–Trinajstić information content (AvgIpc) is 3.49. The van der Waals surface area contributed by atoms with Crippen LogP contribution in [0, 0.1) is 0 Å². The van der Waals surface area contributed by atoms with Gasteiger partial charge in [-0.15, -0.1) is 0 Å². The molecule has 1 N–H and O–H groups in total. The van der Waals surface area contributed by atoms with E-state index < -0.39 is 11.8 Å². The molecule has 1 saturated heterocycles. The highest BCUT2D eigenvalue weighted by atomic mass is 79.9. The van der Waals surface area contributed by atoms with Gasteiger partial charge in [0.1, 0.15) is 11.3 Å². The summed E-state index contributed by atoms with van der Waals surface area (Å²) in [6.07, 6.45) is 3.76. The van der Waals surface area contributed by atoms with E-state index in [1.54, 1.807) is 42.2 Å². The molecule has 0 aliphatic carbocycles. The van der Waals surface area contributed by atoms with E-state index in [9.17, 15) is 14.4 Å². The number of hydrogen-bond acceptors (Lipinski definition) is 7. The van der Waals surface area contributed by atoms with Crippen LogP contribution >= 0.6 is 15.9 Å². The minimum Gasteiger partial charge on any atom is -0.484 e. The zero-order valence-corrected chi connectivity index (χ0v) is 21.7. The zero-order valence-electron chi connectivity index (χ0n) is 20.1. The Morgan fingerprint density at radius 1 is 1.17 bits per heavy atom. The summed E-state index contributed by atoms with van der Waals surface area (Å²) in [7, 11) is 1.25. The van der Waals surface area contributed by atoms with Crippen LogP contribution in [-0.2, 0) is 23.9 Å². The number of anilines is 1. The molecule has 2 heterocycles. The predicted octanol–water partition coefficient (Wildman–Crippen LogP) is 4.00. The lowest BCUT2D eigenvalue weighted by Crippen LogP contribution is -2.35. The summed E-state index contributed by atoms with van der Waals surface area (Å²) in [6, 6.07) is 14.5. The summed E-state index contributed by atoms with van der Waals surface area (Å²) in [4.78, 5) is 39.3. The second kappa shape index (κ2) is 11.5. The van der Waals surface area contributed by atoms with Gasteiger partial charge in [-0.2, -0.15) is 0 Å². The van der Waals surface area contributed by atoms with Crippen molar-refractivity contribution in [2.24, 2.45) is 0 Å².